The SMILES string of the molecule is O=C(c1nc2ccccc2s1)N1CCc2c(c[nH]c(=O)c2C(=O)N2CCCCC2)C1. The van der Waals surface area contributed by atoms with E-state index in [1.54, 1.807) is 16.0 Å². The number of nitrogens with one attached hydrogen (secondary N) is 1. The topological polar surface area (TPSA) is 86.4 Å². The van der Waals surface area contributed by atoms with Gasteiger partial charge in [0, 0.05) is 32.4 Å². The van der Waals surface area contributed by atoms with Gasteiger partial charge in [0.25, 0.3) is 17.4 Å². The number of rotatable bonds is 2. The van der Waals surface area contributed by atoms with Crippen LogP contribution >= 0.6 is 11.3 Å². The zero-order chi connectivity index (χ0) is 20.7. The third-order valence-corrected chi connectivity index (χ3v) is 6.93. The van der Waals surface area contributed by atoms with Crippen LogP contribution in [0, 0.1) is 0 Å². The van der Waals surface area contributed by atoms with Crippen molar-refractivity contribution in [2.75, 3.05) is 19.6 Å². The lowest BCUT2D eigenvalue weighted by atomic mass is 9.95. The summed E-state index contributed by atoms with van der Waals surface area (Å²) in [4.78, 5) is 49.3. The number of pyridine rings is 1. The summed E-state index contributed by atoms with van der Waals surface area (Å²) in [6.07, 6.45) is 5.20. The lowest BCUT2D eigenvalue weighted by molar-refractivity contribution is 0.0717. The molecule has 0 unspecified atom stereocenters. The Hall–Kier alpha value is -3.00. The first-order valence-corrected chi connectivity index (χ1v) is 11.1. The van der Waals surface area contributed by atoms with Crippen molar-refractivity contribution in [1.82, 2.24) is 19.8 Å². The molecule has 0 saturated carbocycles. The molecular weight excluding hydrogens is 400 g/mol. The normalized spacial score (nSPS) is 16.5. The summed E-state index contributed by atoms with van der Waals surface area (Å²) in [5.41, 5.74) is 2.34. The van der Waals surface area contributed by atoms with Crippen molar-refractivity contribution < 1.29 is 9.59 Å². The van der Waals surface area contributed by atoms with E-state index in [9.17, 15) is 14.4 Å². The second kappa shape index (κ2) is 7.68. The van der Waals surface area contributed by atoms with E-state index >= 15 is 0 Å². The molecule has 3 aromatic rings. The number of piperidine rings is 1. The number of carbonyl (C=O) groups is 2. The molecule has 2 amide bonds. The van der Waals surface area contributed by atoms with Crippen LogP contribution in [-0.2, 0) is 13.0 Å². The number of likely N-dealkylation sites (tertiary alicyclic amines) is 1. The van der Waals surface area contributed by atoms with E-state index in [1.807, 2.05) is 24.3 Å². The molecule has 4 heterocycles. The van der Waals surface area contributed by atoms with Crippen molar-refractivity contribution in [1.29, 1.82) is 0 Å². The smallest absolute Gasteiger partial charge is 0.283 e. The van der Waals surface area contributed by atoms with E-state index in [2.05, 4.69) is 9.97 Å². The second-order valence-electron chi connectivity index (χ2n) is 7.81. The summed E-state index contributed by atoms with van der Waals surface area (Å²) in [5.74, 6) is -0.296. The van der Waals surface area contributed by atoms with Crippen molar-refractivity contribution >= 4 is 33.4 Å². The summed E-state index contributed by atoms with van der Waals surface area (Å²) in [7, 11) is 0. The average Bonchev–Trinajstić information content (AvgIpc) is 3.23. The van der Waals surface area contributed by atoms with Crippen molar-refractivity contribution in [3.05, 3.63) is 62.5 Å². The lowest BCUT2D eigenvalue weighted by Crippen LogP contribution is -2.42. The molecule has 0 atom stereocenters. The van der Waals surface area contributed by atoms with E-state index in [1.165, 1.54) is 11.3 Å². The Bertz CT molecular complexity index is 1160. The Kier molecular flexibility index (Phi) is 4.86. The number of para-hydroxylation sites is 1. The standard InChI is InChI=1S/C22H22N4O3S/c27-19-18(21(28)25-9-4-1-5-10-25)15-8-11-26(13-14(15)12-23-19)22(29)20-24-16-6-2-3-7-17(16)30-20/h2-3,6-7,12H,1,4-5,8-11,13H2,(H,23,27). The molecule has 0 aliphatic carbocycles. The summed E-state index contributed by atoms with van der Waals surface area (Å²) in [5, 5.41) is 0.466. The number of hydrogen-bond donors (Lipinski definition) is 1. The van der Waals surface area contributed by atoms with Crippen LogP contribution in [0.4, 0.5) is 0 Å². The molecule has 0 radical (unpaired) electrons. The van der Waals surface area contributed by atoms with Crippen molar-refractivity contribution in [3.63, 3.8) is 0 Å². The van der Waals surface area contributed by atoms with Crippen LogP contribution in [0.5, 0.6) is 0 Å². The Morgan fingerprint density at radius 1 is 1.00 bits per heavy atom. The average molecular weight is 423 g/mol. The van der Waals surface area contributed by atoms with E-state index in [0.29, 0.717) is 37.6 Å². The van der Waals surface area contributed by atoms with E-state index < -0.39 is 0 Å². The number of aromatic amines is 1. The third-order valence-electron chi connectivity index (χ3n) is 5.91. The second-order valence-corrected chi connectivity index (χ2v) is 8.84. The summed E-state index contributed by atoms with van der Waals surface area (Å²) >= 11 is 1.39. The minimum absolute atomic E-state index is 0.114. The molecule has 1 saturated heterocycles. The van der Waals surface area contributed by atoms with Crippen molar-refractivity contribution in [2.24, 2.45) is 0 Å². The van der Waals surface area contributed by atoms with Gasteiger partial charge < -0.3 is 14.8 Å². The number of nitrogens with zero attached hydrogens (tertiary/aromatic N) is 3. The quantitative estimate of drug-likeness (QED) is 0.688. The van der Waals surface area contributed by atoms with E-state index in [-0.39, 0.29) is 22.9 Å². The number of aromatic nitrogens is 2. The van der Waals surface area contributed by atoms with Crippen LogP contribution in [0.3, 0.4) is 0 Å². The maximum atomic E-state index is 13.0. The highest BCUT2D eigenvalue weighted by molar-refractivity contribution is 7.20. The molecule has 8 heteroatoms. The van der Waals surface area contributed by atoms with Gasteiger partial charge in [-0.25, -0.2) is 4.98 Å². The molecule has 1 fully saturated rings. The maximum Gasteiger partial charge on any atom is 0.283 e. The Balaban J connectivity index is 1.42. The number of fused-ring (bicyclic) bond motifs is 2. The number of thiazole rings is 1. The van der Waals surface area contributed by atoms with Gasteiger partial charge in [0.05, 0.1) is 10.2 Å². The summed E-state index contributed by atoms with van der Waals surface area (Å²) < 4.78 is 0.983. The minimum atomic E-state index is -0.338. The van der Waals surface area contributed by atoms with Crippen LogP contribution in [0.2, 0.25) is 0 Å². The van der Waals surface area contributed by atoms with Crippen LogP contribution in [-0.4, -0.2) is 51.2 Å². The summed E-state index contributed by atoms with van der Waals surface area (Å²) in [6.45, 7) is 2.22. The number of hydrogen-bond acceptors (Lipinski definition) is 5. The van der Waals surface area contributed by atoms with Gasteiger partial charge in [0.15, 0.2) is 5.01 Å². The molecule has 154 valence electrons. The number of carbonyl (C=O) groups excluding carboxylic acids is 2. The molecule has 1 aromatic carbocycles. The molecule has 2 aliphatic rings. The molecule has 7 nitrogen and oxygen atoms in total. The fraction of sp³-hybridized carbons (Fsp3) is 0.364. The van der Waals surface area contributed by atoms with Gasteiger partial charge >= 0.3 is 0 Å². The van der Waals surface area contributed by atoms with Crippen LogP contribution in [0.15, 0.2) is 35.3 Å². The maximum absolute atomic E-state index is 13.0. The van der Waals surface area contributed by atoms with E-state index in [4.69, 9.17) is 0 Å². The zero-order valence-electron chi connectivity index (χ0n) is 16.5. The lowest BCUT2D eigenvalue weighted by Gasteiger charge is -2.31. The zero-order valence-corrected chi connectivity index (χ0v) is 17.3. The molecule has 0 spiro atoms. The Morgan fingerprint density at radius 2 is 1.80 bits per heavy atom. The van der Waals surface area contributed by atoms with Gasteiger partial charge in [-0.05, 0) is 48.9 Å². The van der Waals surface area contributed by atoms with Crippen LogP contribution in [0.25, 0.3) is 10.2 Å². The van der Waals surface area contributed by atoms with Gasteiger partial charge in [-0.3, -0.25) is 14.4 Å². The number of H-pyrrole nitrogens is 1. The monoisotopic (exact) mass is 422 g/mol. The van der Waals surface area contributed by atoms with Crippen LogP contribution in [0.1, 0.15) is 50.5 Å². The van der Waals surface area contributed by atoms with Gasteiger partial charge in [0.2, 0.25) is 0 Å². The van der Waals surface area contributed by atoms with Crippen LogP contribution < -0.4 is 5.56 Å². The predicted molar refractivity (Wildman–Crippen MR) is 115 cm³/mol. The largest absolute Gasteiger partial charge is 0.338 e. The summed E-state index contributed by atoms with van der Waals surface area (Å²) in [6, 6.07) is 7.70. The first-order chi connectivity index (χ1) is 14.6. The molecular formula is C22H22N4O3S. The molecule has 0 bridgehead atoms. The van der Waals surface area contributed by atoms with Crippen molar-refractivity contribution in [3.8, 4) is 0 Å². The highest BCUT2D eigenvalue weighted by Gasteiger charge is 2.30. The third kappa shape index (κ3) is 3.31. The van der Waals surface area contributed by atoms with Gasteiger partial charge in [-0.15, -0.1) is 11.3 Å². The fourth-order valence-corrected chi connectivity index (χ4v) is 5.25. The molecule has 2 aromatic heterocycles. The molecule has 1 N–H and O–H groups in total. The van der Waals surface area contributed by atoms with Crippen molar-refractivity contribution in [2.45, 2.75) is 32.2 Å². The first kappa shape index (κ1) is 19.0. The van der Waals surface area contributed by atoms with Gasteiger partial charge in [-0.1, -0.05) is 12.1 Å². The fourth-order valence-electron chi connectivity index (χ4n) is 4.32. The number of benzene rings is 1. The highest BCUT2D eigenvalue weighted by Crippen LogP contribution is 2.26. The Labute approximate surface area is 177 Å². The van der Waals surface area contributed by atoms with E-state index in [0.717, 1.165) is 40.6 Å². The van der Waals surface area contributed by atoms with Gasteiger partial charge in [-0.2, -0.15) is 0 Å². The molecule has 2 aliphatic heterocycles. The predicted octanol–water partition coefficient (Wildman–Crippen LogP) is 2.81. The molecule has 30 heavy (non-hydrogen) atoms. The van der Waals surface area contributed by atoms with Gasteiger partial charge in [0.1, 0.15) is 5.56 Å². The minimum Gasteiger partial charge on any atom is -0.338 e. The number of amides is 2. The Morgan fingerprint density at radius 3 is 2.60 bits per heavy atom. The molecule has 5 rings (SSSR count). The first-order valence-electron chi connectivity index (χ1n) is 10.3. The highest BCUT2D eigenvalue weighted by atomic mass is 32.1.